The van der Waals surface area contributed by atoms with Crippen LogP contribution in [-0.4, -0.2) is 55.5 Å². The van der Waals surface area contributed by atoms with Gasteiger partial charge in [-0.3, -0.25) is 10.1 Å². The van der Waals surface area contributed by atoms with Gasteiger partial charge in [-0.1, -0.05) is 23.7 Å². The Balaban J connectivity index is 1.45. The van der Waals surface area contributed by atoms with Gasteiger partial charge in [-0.2, -0.15) is 0 Å². The Morgan fingerprint density at radius 1 is 1.14 bits per heavy atom. The summed E-state index contributed by atoms with van der Waals surface area (Å²) in [6.45, 7) is 2.85. The van der Waals surface area contributed by atoms with Crippen LogP contribution in [0.5, 0.6) is 0 Å². The van der Waals surface area contributed by atoms with Gasteiger partial charge in [-0.05, 0) is 73.8 Å². The van der Waals surface area contributed by atoms with E-state index in [9.17, 15) is 4.79 Å². The first-order valence-electron chi connectivity index (χ1n) is 11.0. The number of carbonyl (C=O) groups is 1. The summed E-state index contributed by atoms with van der Waals surface area (Å²) in [7, 11) is 0. The number of hydrogen-bond donors (Lipinski definition) is 2. The van der Waals surface area contributed by atoms with Gasteiger partial charge in [0.25, 0.3) is 5.91 Å². The van der Waals surface area contributed by atoms with E-state index in [0.29, 0.717) is 37.0 Å². The molecule has 0 spiro atoms. The first-order valence-corrected chi connectivity index (χ1v) is 11.4. The third-order valence-electron chi connectivity index (χ3n) is 7.04. The topological polar surface area (TPSA) is 61.8 Å². The van der Waals surface area contributed by atoms with Crippen molar-refractivity contribution in [1.82, 2.24) is 10.2 Å². The van der Waals surface area contributed by atoms with Gasteiger partial charge in [0.15, 0.2) is 0 Å². The third-order valence-corrected chi connectivity index (χ3v) is 7.37. The molecule has 5 rings (SSSR count). The third kappa shape index (κ3) is 4.96. The van der Waals surface area contributed by atoms with Crippen LogP contribution in [0.3, 0.4) is 0 Å². The molecule has 4 aliphatic carbocycles. The van der Waals surface area contributed by atoms with Gasteiger partial charge in [0.1, 0.15) is 0 Å². The van der Waals surface area contributed by atoms with E-state index in [4.69, 9.17) is 21.4 Å². The highest BCUT2D eigenvalue weighted by Gasteiger charge is 2.51. The van der Waals surface area contributed by atoms with Crippen LogP contribution in [0.4, 0.5) is 0 Å². The fourth-order valence-corrected chi connectivity index (χ4v) is 6.63. The number of aliphatic hydroxyl groups excluding tert-OH is 1. The number of ether oxygens (including phenoxy) is 1. The quantitative estimate of drug-likeness (QED) is 0.449. The smallest absolute Gasteiger partial charge is 0.256 e. The predicted molar refractivity (Wildman–Crippen MR) is 114 cm³/mol. The Labute approximate surface area is 178 Å². The van der Waals surface area contributed by atoms with Crippen LogP contribution in [-0.2, 0) is 4.74 Å². The minimum atomic E-state index is 0.00937. The number of rotatable bonds is 10. The first kappa shape index (κ1) is 21.1. The monoisotopic (exact) mass is 420 g/mol. The maximum absolute atomic E-state index is 13.4. The van der Waals surface area contributed by atoms with Crippen molar-refractivity contribution in [3.05, 3.63) is 34.9 Å². The molecule has 160 valence electrons. The molecule has 0 aliphatic heterocycles. The molecule has 4 fully saturated rings. The molecule has 0 atom stereocenters. The maximum atomic E-state index is 13.4. The second-order valence-corrected chi connectivity index (χ2v) is 9.80. The van der Waals surface area contributed by atoms with E-state index in [-0.39, 0.29) is 17.9 Å². The van der Waals surface area contributed by atoms with Gasteiger partial charge in [0.2, 0.25) is 0 Å². The van der Waals surface area contributed by atoms with E-state index in [1.165, 1.54) is 38.5 Å². The van der Waals surface area contributed by atoms with Crippen molar-refractivity contribution in [2.75, 3.05) is 39.6 Å². The van der Waals surface area contributed by atoms with Gasteiger partial charge < -0.3 is 14.7 Å². The number of halogens is 1. The Kier molecular flexibility index (Phi) is 6.80. The fraction of sp³-hybridized carbons (Fsp3) is 0.696. The molecule has 0 radical (unpaired) electrons. The van der Waals surface area contributed by atoms with E-state index < -0.39 is 0 Å². The van der Waals surface area contributed by atoms with Crippen LogP contribution in [0.1, 0.15) is 48.9 Å². The average Bonchev–Trinajstić information content (AvgIpc) is 2.68. The van der Waals surface area contributed by atoms with Gasteiger partial charge in [-0.25, -0.2) is 0 Å². The summed E-state index contributed by atoms with van der Waals surface area (Å²) in [6.07, 6.45) is 8.01. The van der Waals surface area contributed by atoms with Gasteiger partial charge in [0.05, 0.1) is 37.1 Å². The minimum absolute atomic E-state index is 0.00937. The lowest BCUT2D eigenvalue weighted by Gasteiger charge is -2.57. The lowest BCUT2D eigenvalue weighted by molar-refractivity contribution is -0.0660. The molecule has 2 N–H and O–H groups in total. The van der Waals surface area contributed by atoms with Crippen LogP contribution in [0, 0.1) is 23.2 Å². The molecule has 0 aromatic heterocycles. The van der Waals surface area contributed by atoms with Gasteiger partial charge in [0, 0.05) is 13.1 Å². The molecule has 29 heavy (non-hydrogen) atoms. The highest BCUT2D eigenvalue weighted by atomic mass is 35.5. The van der Waals surface area contributed by atoms with Crippen molar-refractivity contribution in [3.8, 4) is 0 Å². The SMILES string of the molecule is O=C(c1ccccc1Cl)N(CNCCOCCO)CC12CC3CC(CC(C3)C1)C2. The minimum Gasteiger partial charge on any atom is -0.394 e. The molecule has 4 bridgehead atoms. The summed E-state index contributed by atoms with van der Waals surface area (Å²) in [4.78, 5) is 15.4. The maximum Gasteiger partial charge on any atom is 0.256 e. The largest absolute Gasteiger partial charge is 0.394 e. The summed E-state index contributed by atoms with van der Waals surface area (Å²) >= 11 is 6.35. The van der Waals surface area contributed by atoms with Crippen molar-refractivity contribution in [1.29, 1.82) is 0 Å². The number of aliphatic hydroxyl groups is 1. The van der Waals surface area contributed by atoms with Gasteiger partial charge >= 0.3 is 0 Å². The van der Waals surface area contributed by atoms with Crippen LogP contribution < -0.4 is 5.32 Å². The lowest BCUT2D eigenvalue weighted by atomic mass is 9.49. The summed E-state index contributed by atoms with van der Waals surface area (Å²) in [5, 5.41) is 12.7. The zero-order chi connectivity index (χ0) is 20.3. The van der Waals surface area contributed by atoms with E-state index in [1.807, 2.05) is 23.1 Å². The highest BCUT2D eigenvalue weighted by Crippen LogP contribution is 2.60. The molecule has 0 unspecified atom stereocenters. The second kappa shape index (κ2) is 9.34. The number of nitrogens with zero attached hydrogens (tertiary/aromatic N) is 1. The molecule has 6 heteroatoms. The molecular formula is C23H33ClN2O3. The summed E-state index contributed by atoms with van der Waals surface area (Å²) in [5.74, 6) is 2.59. The van der Waals surface area contributed by atoms with E-state index in [2.05, 4.69) is 5.32 Å². The average molecular weight is 421 g/mol. The lowest BCUT2D eigenvalue weighted by Crippen LogP contribution is -2.53. The normalized spacial score (nSPS) is 29.9. The van der Waals surface area contributed by atoms with E-state index in [1.54, 1.807) is 6.07 Å². The number of amides is 1. The van der Waals surface area contributed by atoms with Gasteiger partial charge in [-0.15, -0.1) is 0 Å². The van der Waals surface area contributed by atoms with Crippen LogP contribution in [0.25, 0.3) is 0 Å². The van der Waals surface area contributed by atoms with Crippen LogP contribution in [0.2, 0.25) is 5.02 Å². The summed E-state index contributed by atoms with van der Waals surface area (Å²) < 4.78 is 5.33. The molecule has 4 aliphatic rings. The fourth-order valence-electron chi connectivity index (χ4n) is 6.42. The molecular weight excluding hydrogens is 388 g/mol. The number of carbonyl (C=O) groups excluding carboxylic acids is 1. The van der Waals surface area contributed by atoms with E-state index >= 15 is 0 Å². The van der Waals surface area contributed by atoms with Crippen molar-refractivity contribution >= 4 is 17.5 Å². The van der Waals surface area contributed by atoms with Crippen molar-refractivity contribution in [2.45, 2.75) is 38.5 Å². The standard InChI is InChI=1S/C23H33ClN2O3/c24-21-4-2-1-3-20(21)22(28)26(16-25-5-7-29-8-6-27)15-23-12-17-9-18(13-23)11-19(10-17)14-23/h1-4,17-19,25,27H,5-16H2. The summed E-state index contributed by atoms with van der Waals surface area (Å²) in [5.41, 5.74) is 0.859. The zero-order valence-electron chi connectivity index (χ0n) is 17.1. The van der Waals surface area contributed by atoms with Crippen molar-refractivity contribution in [2.24, 2.45) is 23.2 Å². The predicted octanol–water partition coefficient (Wildman–Crippen LogP) is 3.55. The zero-order valence-corrected chi connectivity index (χ0v) is 17.9. The highest BCUT2D eigenvalue weighted by molar-refractivity contribution is 6.33. The number of benzene rings is 1. The molecule has 0 saturated heterocycles. The first-order chi connectivity index (χ1) is 14.1. The molecule has 1 amide bonds. The van der Waals surface area contributed by atoms with E-state index in [0.717, 1.165) is 24.3 Å². The second-order valence-electron chi connectivity index (χ2n) is 9.39. The summed E-state index contributed by atoms with van der Waals surface area (Å²) in [6, 6.07) is 7.34. The molecule has 4 saturated carbocycles. The number of nitrogens with one attached hydrogen (secondary N) is 1. The molecule has 5 nitrogen and oxygen atoms in total. The molecule has 1 aromatic rings. The van der Waals surface area contributed by atoms with Crippen molar-refractivity contribution in [3.63, 3.8) is 0 Å². The van der Waals surface area contributed by atoms with Crippen molar-refractivity contribution < 1.29 is 14.6 Å². The Morgan fingerprint density at radius 2 is 1.79 bits per heavy atom. The van der Waals surface area contributed by atoms with Crippen LogP contribution >= 0.6 is 11.6 Å². The molecule has 0 heterocycles. The Hall–Kier alpha value is -1.14. The Bertz CT molecular complexity index is 676. The van der Waals surface area contributed by atoms with Crippen LogP contribution in [0.15, 0.2) is 24.3 Å². The number of hydrogen-bond acceptors (Lipinski definition) is 4. The molecule has 1 aromatic carbocycles. The Morgan fingerprint density at radius 3 is 2.41 bits per heavy atom.